The van der Waals surface area contributed by atoms with Crippen molar-refractivity contribution in [2.24, 2.45) is 0 Å². The highest BCUT2D eigenvalue weighted by atomic mass is 16.1. The third kappa shape index (κ3) is 4.63. The Bertz CT molecular complexity index is 196. The molecule has 2 nitrogen and oxygen atoms in total. The van der Waals surface area contributed by atoms with E-state index in [1.165, 1.54) is 5.56 Å². The molecule has 0 bridgehead atoms. The van der Waals surface area contributed by atoms with Crippen molar-refractivity contribution in [3.63, 3.8) is 0 Å². The van der Waals surface area contributed by atoms with Crippen molar-refractivity contribution in [1.82, 2.24) is 4.90 Å². The molecule has 0 saturated heterocycles. The number of carbonyl (C=O) groups excluding carboxylic acids is 1. The van der Waals surface area contributed by atoms with Gasteiger partial charge in [-0.25, -0.2) is 0 Å². The Balaban J connectivity index is 0.000000561. The molecule has 1 rings (SSSR count). The molecular formula is C10H15NO. The predicted octanol–water partition coefficient (Wildman–Crippen LogP) is 1.56. The van der Waals surface area contributed by atoms with Gasteiger partial charge in [-0.3, -0.25) is 0 Å². The van der Waals surface area contributed by atoms with Gasteiger partial charge in [-0.2, -0.15) is 0 Å². The number of hydrogen-bond acceptors (Lipinski definition) is 2. The molecule has 0 aliphatic rings. The summed E-state index contributed by atoms with van der Waals surface area (Å²) < 4.78 is 0. The summed E-state index contributed by atoms with van der Waals surface area (Å²) in [6, 6.07) is 10.5. The van der Waals surface area contributed by atoms with Crippen LogP contribution in [0.2, 0.25) is 0 Å². The summed E-state index contributed by atoms with van der Waals surface area (Å²) in [5, 5.41) is 0. The molecule has 0 aromatic heterocycles. The van der Waals surface area contributed by atoms with Gasteiger partial charge in [0.05, 0.1) is 0 Å². The van der Waals surface area contributed by atoms with Crippen LogP contribution in [0.3, 0.4) is 0 Å². The molecule has 0 fully saturated rings. The van der Waals surface area contributed by atoms with E-state index >= 15 is 0 Å². The Labute approximate surface area is 73.8 Å². The fraction of sp³-hybridized carbons (Fsp3) is 0.300. The largest absolute Gasteiger partial charge is 0.307 e. The van der Waals surface area contributed by atoms with Crippen molar-refractivity contribution in [3.05, 3.63) is 35.9 Å². The van der Waals surface area contributed by atoms with E-state index < -0.39 is 0 Å². The van der Waals surface area contributed by atoms with Crippen LogP contribution in [0.25, 0.3) is 0 Å². The lowest BCUT2D eigenvalue weighted by atomic mass is 10.2. The van der Waals surface area contributed by atoms with Crippen LogP contribution in [0.5, 0.6) is 0 Å². The van der Waals surface area contributed by atoms with Gasteiger partial charge in [-0.05, 0) is 19.7 Å². The minimum absolute atomic E-state index is 1.03. The predicted molar refractivity (Wildman–Crippen MR) is 51.0 cm³/mol. The highest BCUT2D eigenvalue weighted by molar-refractivity contribution is 5.14. The molecule has 0 radical (unpaired) electrons. The molecule has 0 aliphatic heterocycles. The van der Waals surface area contributed by atoms with Crippen molar-refractivity contribution in [2.75, 3.05) is 14.1 Å². The van der Waals surface area contributed by atoms with Crippen LogP contribution in [0.4, 0.5) is 0 Å². The maximum Gasteiger partial charge on any atom is 0.106 e. The van der Waals surface area contributed by atoms with Crippen LogP contribution in [0.15, 0.2) is 30.3 Å². The number of carbonyl (C=O) groups is 1. The Morgan fingerprint density at radius 1 is 1.17 bits per heavy atom. The molecule has 0 saturated carbocycles. The Morgan fingerprint density at radius 3 is 2.08 bits per heavy atom. The van der Waals surface area contributed by atoms with Crippen molar-refractivity contribution in [3.8, 4) is 0 Å². The maximum absolute atomic E-state index is 8.00. The van der Waals surface area contributed by atoms with E-state index in [0.29, 0.717) is 0 Å². The van der Waals surface area contributed by atoms with E-state index in [1.54, 1.807) is 0 Å². The van der Waals surface area contributed by atoms with Crippen LogP contribution in [0, 0.1) is 0 Å². The van der Waals surface area contributed by atoms with Crippen molar-refractivity contribution in [1.29, 1.82) is 0 Å². The molecule has 66 valence electrons. The normalized spacial score (nSPS) is 8.92. The summed E-state index contributed by atoms with van der Waals surface area (Å²) in [6.45, 7) is 3.03. The Hall–Kier alpha value is -1.15. The second kappa shape index (κ2) is 6.55. The van der Waals surface area contributed by atoms with E-state index in [2.05, 4.69) is 43.3 Å². The zero-order chi connectivity index (χ0) is 9.40. The van der Waals surface area contributed by atoms with Gasteiger partial charge in [0.25, 0.3) is 0 Å². The molecule has 1 aromatic carbocycles. The quantitative estimate of drug-likeness (QED) is 0.663. The van der Waals surface area contributed by atoms with Crippen LogP contribution in [-0.4, -0.2) is 25.8 Å². The minimum Gasteiger partial charge on any atom is -0.307 e. The number of nitrogens with zero attached hydrogens (tertiary/aromatic N) is 1. The fourth-order valence-corrected chi connectivity index (χ4v) is 0.949. The van der Waals surface area contributed by atoms with Crippen LogP contribution < -0.4 is 0 Å². The molecule has 0 amide bonds. The molecule has 12 heavy (non-hydrogen) atoms. The summed E-state index contributed by atoms with van der Waals surface area (Å²) >= 11 is 0. The molecule has 2 heteroatoms. The SMILES string of the molecule is C=O.CN(C)Cc1ccccc1. The average molecular weight is 165 g/mol. The standard InChI is InChI=1S/C9H13N.CH2O/c1-10(2)8-9-6-4-3-5-7-9;1-2/h3-7H,8H2,1-2H3;1H2. The number of rotatable bonds is 2. The smallest absolute Gasteiger partial charge is 0.106 e. The van der Waals surface area contributed by atoms with E-state index in [9.17, 15) is 0 Å². The molecule has 0 aliphatic carbocycles. The van der Waals surface area contributed by atoms with Gasteiger partial charge in [-0.15, -0.1) is 0 Å². The lowest BCUT2D eigenvalue weighted by Crippen LogP contribution is -2.10. The van der Waals surface area contributed by atoms with Gasteiger partial charge >= 0.3 is 0 Å². The number of benzene rings is 1. The van der Waals surface area contributed by atoms with Gasteiger partial charge in [0.1, 0.15) is 6.79 Å². The molecule has 0 atom stereocenters. The fourth-order valence-electron chi connectivity index (χ4n) is 0.949. The molecular weight excluding hydrogens is 150 g/mol. The van der Waals surface area contributed by atoms with Gasteiger partial charge in [-0.1, -0.05) is 30.3 Å². The van der Waals surface area contributed by atoms with Gasteiger partial charge < -0.3 is 9.69 Å². The zero-order valence-electron chi connectivity index (χ0n) is 7.66. The zero-order valence-corrected chi connectivity index (χ0v) is 7.66. The average Bonchev–Trinajstić information content (AvgIpc) is 2.08. The van der Waals surface area contributed by atoms with Crippen molar-refractivity contribution >= 4 is 6.79 Å². The Morgan fingerprint density at radius 2 is 1.67 bits per heavy atom. The summed E-state index contributed by atoms with van der Waals surface area (Å²) in [5.74, 6) is 0. The van der Waals surface area contributed by atoms with Gasteiger partial charge in [0.2, 0.25) is 0 Å². The van der Waals surface area contributed by atoms with E-state index in [4.69, 9.17) is 4.79 Å². The van der Waals surface area contributed by atoms with E-state index in [0.717, 1.165) is 6.54 Å². The van der Waals surface area contributed by atoms with Crippen molar-refractivity contribution < 1.29 is 4.79 Å². The third-order valence-corrected chi connectivity index (χ3v) is 1.34. The second-order valence-corrected chi connectivity index (χ2v) is 2.72. The summed E-state index contributed by atoms with van der Waals surface area (Å²) in [7, 11) is 4.15. The first-order valence-electron chi connectivity index (χ1n) is 3.76. The second-order valence-electron chi connectivity index (χ2n) is 2.72. The van der Waals surface area contributed by atoms with Crippen LogP contribution >= 0.6 is 0 Å². The summed E-state index contributed by atoms with van der Waals surface area (Å²) in [4.78, 5) is 10.2. The van der Waals surface area contributed by atoms with Gasteiger partial charge in [0, 0.05) is 6.54 Å². The number of hydrogen-bond donors (Lipinski definition) is 0. The van der Waals surface area contributed by atoms with Crippen molar-refractivity contribution in [2.45, 2.75) is 6.54 Å². The first-order chi connectivity index (χ1) is 5.79. The monoisotopic (exact) mass is 165 g/mol. The highest BCUT2D eigenvalue weighted by Crippen LogP contribution is 1.99. The summed E-state index contributed by atoms with van der Waals surface area (Å²) in [5.41, 5.74) is 1.37. The minimum atomic E-state index is 1.03. The van der Waals surface area contributed by atoms with E-state index in [-0.39, 0.29) is 0 Å². The molecule has 0 unspecified atom stereocenters. The maximum atomic E-state index is 8.00. The molecule has 1 aromatic rings. The van der Waals surface area contributed by atoms with Crippen LogP contribution in [-0.2, 0) is 11.3 Å². The lowest BCUT2D eigenvalue weighted by Gasteiger charge is -2.08. The highest BCUT2D eigenvalue weighted by Gasteiger charge is 1.90. The van der Waals surface area contributed by atoms with Gasteiger partial charge in [0.15, 0.2) is 0 Å². The van der Waals surface area contributed by atoms with Crippen LogP contribution in [0.1, 0.15) is 5.56 Å². The molecule has 0 spiro atoms. The third-order valence-electron chi connectivity index (χ3n) is 1.34. The van der Waals surface area contributed by atoms with E-state index in [1.807, 2.05) is 12.9 Å². The summed E-state index contributed by atoms with van der Waals surface area (Å²) in [6.07, 6.45) is 0. The lowest BCUT2D eigenvalue weighted by molar-refractivity contribution is -0.0979. The first-order valence-corrected chi connectivity index (χ1v) is 3.76. The topological polar surface area (TPSA) is 20.3 Å². The molecule has 0 N–H and O–H groups in total. The molecule has 0 heterocycles. The Kier molecular flexibility index (Phi) is 5.93. The first kappa shape index (κ1) is 10.8.